The number of nitrogens with zero attached hydrogens (tertiary/aromatic N) is 1. The van der Waals surface area contributed by atoms with Crippen molar-refractivity contribution in [3.63, 3.8) is 0 Å². The number of alkyl halides is 2. The Balaban J connectivity index is 2.09. The van der Waals surface area contributed by atoms with Crippen molar-refractivity contribution in [2.45, 2.75) is 4.84 Å². The summed E-state index contributed by atoms with van der Waals surface area (Å²) in [6, 6.07) is 6.52. The van der Waals surface area contributed by atoms with Crippen molar-refractivity contribution in [1.82, 2.24) is 10.2 Å². The summed E-state index contributed by atoms with van der Waals surface area (Å²) in [5.74, 6) is -1.42. The molecule has 1 saturated heterocycles. The predicted octanol–water partition coefficient (Wildman–Crippen LogP) is 1.51. The zero-order chi connectivity index (χ0) is 15.1. The zero-order valence-electron chi connectivity index (χ0n) is 10.7. The van der Waals surface area contributed by atoms with E-state index in [0.29, 0.717) is 18.7 Å². The minimum absolute atomic E-state index is 0.0486. The summed E-state index contributed by atoms with van der Waals surface area (Å²) >= 11 is 11.0. The summed E-state index contributed by atoms with van der Waals surface area (Å²) in [4.78, 5) is 37.1. The third-order valence-corrected chi connectivity index (χ3v) is 3.70. The third kappa shape index (κ3) is 2.43. The molecule has 1 aromatic carbocycles. The molecule has 108 valence electrons. The van der Waals surface area contributed by atoms with Crippen molar-refractivity contribution in [2.75, 3.05) is 13.1 Å². The Morgan fingerprint density at radius 3 is 2.19 bits per heavy atom. The van der Waals surface area contributed by atoms with E-state index in [1.807, 2.05) is 0 Å². The first-order valence-corrected chi connectivity index (χ1v) is 7.14. The molecular formula is C14H10Cl2N2O3. The van der Waals surface area contributed by atoms with Gasteiger partial charge in [-0.2, -0.15) is 0 Å². The molecule has 1 aliphatic heterocycles. The molecule has 21 heavy (non-hydrogen) atoms. The van der Waals surface area contributed by atoms with E-state index in [9.17, 15) is 14.4 Å². The number of Topliss-reactive ketones (excluding diaryl/α,β-unsaturated/α-hetero) is 2. The summed E-state index contributed by atoms with van der Waals surface area (Å²) in [5, 5.41) is 2.38. The van der Waals surface area contributed by atoms with Crippen molar-refractivity contribution in [2.24, 2.45) is 0 Å². The lowest BCUT2D eigenvalue weighted by Gasteiger charge is -2.22. The third-order valence-electron chi connectivity index (χ3n) is 3.31. The number of carbonyl (C=O) groups excluding carboxylic acids is 3. The van der Waals surface area contributed by atoms with Crippen LogP contribution in [-0.2, 0) is 4.79 Å². The number of hydrogen-bond acceptors (Lipinski definition) is 4. The van der Waals surface area contributed by atoms with E-state index in [1.54, 1.807) is 29.2 Å². The van der Waals surface area contributed by atoms with Crippen molar-refractivity contribution >= 4 is 40.7 Å². The van der Waals surface area contributed by atoms with Gasteiger partial charge in [0.25, 0.3) is 5.91 Å². The van der Waals surface area contributed by atoms with E-state index in [2.05, 4.69) is 5.32 Å². The number of nitrogens with one attached hydrogen (secondary N) is 1. The van der Waals surface area contributed by atoms with Crippen LogP contribution in [0, 0.1) is 0 Å². The minimum Gasteiger partial charge on any atom is -0.363 e. The quantitative estimate of drug-likeness (QED) is 0.676. The van der Waals surface area contributed by atoms with Crippen molar-refractivity contribution in [1.29, 1.82) is 0 Å². The summed E-state index contributed by atoms with van der Waals surface area (Å²) in [6.07, 6.45) is 0. The maximum Gasteiger partial charge on any atom is 0.257 e. The maximum atomic E-state index is 12.5. The highest BCUT2D eigenvalue weighted by atomic mass is 35.5. The van der Waals surface area contributed by atoms with Crippen molar-refractivity contribution < 1.29 is 14.4 Å². The average Bonchev–Trinajstić information content (AvgIpc) is 3.29. The van der Waals surface area contributed by atoms with Gasteiger partial charge in [-0.1, -0.05) is 47.5 Å². The van der Waals surface area contributed by atoms with Crippen LogP contribution in [0.5, 0.6) is 0 Å². The zero-order valence-corrected chi connectivity index (χ0v) is 12.2. The monoisotopic (exact) mass is 324 g/mol. The lowest BCUT2D eigenvalue weighted by atomic mass is 9.90. The standard InChI is InChI=1S/C14H10Cl2N2O3/c15-13(16)14(21)17-9-10(18-5-6-18)12(20)8-4-2-1-3-7(8)11(9)19/h1-4,13H,5-6H2,(H,17,21). The van der Waals surface area contributed by atoms with Crippen LogP contribution in [0.15, 0.2) is 35.7 Å². The average molecular weight is 325 g/mol. The van der Waals surface area contributed by atoms with Gasteiger partial charge < -0.3 is 10.2 Å². The van der Waals surface area contributed by atoms with E-state index in [0.717, 1.165) is 0 Å². The molecule has 0 saturated carbocycles. The predicted molar refractivity (Wildman–Crippen MR) is 77.3 cm³/mol. The first-order valence-electron chi connectivity index (χ1n) is 6.27. The van der Waals surface area contributed by atoms with E-state index in [4.69, 9.17) is 23.2 Å². The van der Waals surface area contributed by atoms with Crippen molar-refractivity contribution in [3.05, 3.63) is 46.8 Å². The van der Waals surface area contributed by atoms with Crippen LogP contribution in [0.3, 0.4) is 0 Å². The van der Waals surface area contributed by atoms with E-state index >= 15 is 0 Å². The van der Waals surface area contributed by atoms with Crippen LogP contribution in [0.25, 0.3) is 0 Å². The molecule has 0 aromatic heterocycles. The number of rotatable bonds is 3. The highest BCUT2D eigenvalue weighted by Crippen LogP contribution is 2.30. The lowest BCUT2D eigenvalue weighted by Crippen LogP contribution is -2.38. The second-order valence-corrected chi connectivity index (χ2v) is 5.80. The Morgan fingerprint density at radius 1 is 1.10 bits per heavy atom. The summed E-state index contributed by atoms with van der Waals surface area (Å²) in [6.45, 7) is 1.34. The molecule has 1 heterocycles. The summed E-state index contributed by atoms with van der Waals surface area (Å²) in [7, 11) is 0. The Labute approximate surface area is 130 Å². The van der Waals surface area contributed by atoms with Gasteiger partial charge in [0.05, 0.1) is 0 Å². The van der Waals surface area contributed by atoms with Crippen LogP contribution < -0.4 is 5.32 Å². The van der Waals surface area contributed by atoms with Gasteiger partial charge in [-0.15, -0.1) is 0 Å². The fraction of sp³-hybridized carbons (Fsp3) is 0.214. The Hall–Kier alpha value is -1.85. The van der Waals surface area contributed by atoms with Gasteiger partial charge in [-0.3, -0.25) is 14.4 Å². The van der Waals surface area contributed by atoms with E-state index in [-0.39, 0.29) is 22.7 Å². The van der Waals surface area contributed by atoms with Crippen LogP contribution in [0.4, 0.5) is 0 Å². The van der Waals surface area contributed by atoms with Gasteiger partial charge in [0.1, 0.15) is 11.4 Å². The molecule has 0 bridgehead atoms. The van der Waals surface area contributed by atoms with Crippen LogP contribution in [-0.4, -0.2) is 40.3 Å². The number of allylic oxidation sites excluding steroid dienone is 2. The summed E-state index contributed by atoms with van der Waals surface area (Å²) in [5.41, 5.74) is 0.772. The molecule has 1 aliphatic carbocycles. The Morgan fingerprint density at radius 2 is 1.67 bits per heavy atom. The van der Waals surface area contributed by atoms with Gasteiger partial charge in [-0.05, 0) is 0 Å². The molecule has 0 atom stereocenters. The van der Waals surface area contributed by atoms with Crippen LogP contribution >= 0.6 is 23.2 Å². The molecule has 0 unspecified atom stereocenters. The first kappa shape index (κ1) is 14.1. The molecule has 0 spiro atoms. The highest BCUT2D eigenvalue weighted by Gasteiger charge is 2.39. The first-order chi connectivity index (χ1) is 10.0. The van der Waals surface area contributed by atoms with Gasteiger partial charge >= 0.3 is 0 Å². The molecule has 7 heteroatoms. The Kier molecular flexibility index (Phi) is 3.47. The number of fused-ring (bicyclic) bond motifs is 1. The largest absolute Gasteiger partial charge is 0.363 e. The minimum atomic E-state index is -1.31. The van der Waals surface area contributed by atoms with Crippen LogP contribution in [0.1, 0.15) is 20.7 Å². The van der Waals surface area contributed by atoms with Gasteiger partial charge in [0.2, 0.25) is 11.6 Å². The number of carbonyl (C=O) groups is 3. The summed E-state index contributed by atoms with van der Waals surface area (Å²) < 4.78 is 0. The SMILES string of the molecule is O=C1C(NC(=O)C(Cl)Cl)=C(N2CC2)C(=O)c2ccccc21. The second kappa shape index (κ2) is 5.16. The maximum absolute atomic E-state index is 12.5. The van der Waals surface area contributed by atoms with E-state index < -0.39 is 16.5 Å². The van der Waals surface area contributed by atoms with Gasteiger partial charge in [0, 0.05) is 24.2 Å². The number of hydrogen-bond donors (Lipinski definition) is 1. The molecule has 1 amide bonds. The Bertz CT molecular complexity index is 693. The van der Waals surface area contributed by atoms with Crippen molar-refractivity contribution in [3.8, 4) is 0 Å². The normalized spacial score (nSPS) is 17.2. The molecular weight excluding hydrogens is 315 g/mol. The highest BCUT2D eigenvalue weighted by molar-refractivity contribution is 6.53. The molecule has 0 radical (unpaired) electrons. The molecule has 2 aliphatic rings. The molecule has 1 fully saturated rings. The number of benzene rings is 1. The molecule has 1 N–H and O–H groups in total. The van der Waals surface area contributed by atoms with Gasteiger partial charge in [0.15, 0.2) is 4.84 Å². The number of halogens is 2. The fourth-order valence-corrected chi connectivity index (χ4v) is 2.34. The number of ketones is 2. The van der Waals surface area contributed by atoms with Crippen LogP contribution in [0.2, 0.25) is 0 Å². The molecule has 1 aromatic rings. The topological polar surface area (TPSA) is 66.2 Å². The van der Waals surface area contributed by atoms with E-state index in [1.165, 1.54) is 0 Å². The molecule has 3 rings (SSSR count). The smallest absolute Gasteiger partial charge is 0.257 e. The lowest BCUT2D eigenvalue weighted by molar-refractivity contribution is -0.118. The molecule has 5 nitrogen and oxygen atoms in total. The van der Waals surface area contributed by atoms with Gasteiger partial charge in [-0.25, -0.2) is 0 Å². The second-order valence-electron chi connectivity index (χ2n) is 4.70. The number of amides is 1. The fourth-order valence-electron chi connectivity index (χ4n) is 2.23.